The van der Waals surface area contributed by atoms with Crippen molar-refractivity contribution >= 4 is 39.4 Å². The molecule has 0 radical (unpaired) electrons. The van der Waals surface area contributed by atoms with Crippen LogP contribution < -0.4 is 0 Å². The molecule has 0 aliphatic carbocycles. The number of benzene rings is 1. The number of carboxylic acids is 1. The number of likely N-dealkylation sites (tertiary alicyclic amines) is 1. The van der Waals surface area contributed by atoms with Gasteiger partial charge in [0.15, 0.2) is 0 Å². The summed E-state index contributed by atoms with van der Waals surface area (Å²) in [6, 6.07) is 3.37. The number of nitrogens with zero attached hydrogens (tertiary/aromatic N) is 1. The third-order valence-electron chi connectivity index (χ3n) is 3.73. The van der Waals surface area contributed by atoms with Crippen molar-refractivity contribution in [3.8, 4) is 0 Å². The summed E-state index contributed by atoms with van der Waals surface area (Å²) in [4.78, 5) is 25.2. The highest BCUT2D eigenvalue weighted by Gasteiger charge is 2.42. The number of halogens is 2. The Balaban J connectivity index is 2.24. The van der Waals surface area contributed by atoms with Crippen LogP contribution in [-0.4, -0.2) is 35.0 Å². The van der Waals surface area contributed by atoms with Crippen LogP contribution in [0.2, 0.25) is 5.02 Å². The molecule has 1 N–H and O–H groups in total. The van der Waals surface area contributed by atoms with Gasteiger partial charge in [-0.3, -0.25) is 9.59 Å². The molecular weight excluding hydrogens is 346 g/mol. The fourth-order valence-corrected chi connectivity index (χ4v) is 2.84. The molecule has 0 spiro atoms. The number of carbonyl (C=O) groups is 2. The fraction of sp³-hybridized carbons (Fsp3) is 0.429. The first-order valence-corrected chi connectivity index (χ1v) is 7.40. The Kier molecular flexibility index (Phi) is 4.12. The highest BCUT2D eigenvalue weighted by Crippen LogP contribution is 2.32. The summed E-state index contributed by atoms with van der Waals surface area (Å²) in [5.41, 5.74) is 0.510. The van der Waals surface area contributed by atoms with Gasteiger partial charge in [-0.15, -0.1) is 0 Å². The Morgan fingerprint density at radius 1 is 1.45 bits per heavy atom. The third-order valence-corrected chi connectivity index (χ3v) is 5.31. The average Bonchev–Trinajstić information content (AvgIpc) is 2.78. The Labute approximate surface area is 130 Å². The Morgan fingerprint density at radius 2 is 2.10 bits per heavy atom. The van der Waals surface area contributed by atoms with E-state index in [1.807, 2.05) is 6.92 Å². The molecule has 20 heavy (non-hydrogen) atoms. The largest absolute Gasteiger partial charge is 0.481 e. The number of aliphatic carboxylic acids is 1. The van der Waals surface area contributed by atoms with Crippen molar-refractivity contribution in [1.29, 1.82) is 0 Å². The van der Waals surface area contributed by atoms with Crippen LogP contribution in [0.15, 0.2) is 16.6 Å². The van der Waals surface area contributed by atoms with Gasteiger partial charge in [0.2, 0.25) is 0 Å². The van der Waals surface area contributed by atoms with Gasteiger partial charge in [0.1, 0.15) is 0 Å². The molecule has 0 bridgehead atoms. The highest BCUT2D eigenvalue weighted by molar-refractivity contribution is 9.10. The van der Waals surface area contributed by atoms with E-state index in [1.54, 1.807) is 24.0 Å². The summed E-state index contributed by atoms with van der Waals surface area (Å²) in [5, 5.41) is 9.68. The molecule has 1 amide bonds. The quantitative estimate of drug-likeness (QED) is 0.880. The summed E-state index contributed by atoms with van der Waals surface area (Å²) in [7, 11) is 0. The Morgan fingerprint density at radius 3 is 2.60 bits per heavy atom. The maximum absolute atomic E-state index is 12.4. The zero-order valence-electron chi connectivity index (χ0n) is 11.2. The van der Waals surface area contributed by atoms with Crippen molar-refractivity contribution in [3.63, 3.8) is 0 Å². The van der Waals surface area contributed by atoms with Crippen LogP contribution in [-0.2, 0) is 4.79 Å². The molecule has 2 rings (SSSR count). The van der Waals surface area contributed by atoms with Gasteiger partial charge in [-0.1, -0.05) is 11.6 Å². The Hall–Kier alpha value is -1.07. The molecule has 4 nitrogen and oxygen atoms in total. The van der Waals surface area contributed by atoms with Gasteiger partial charge < -0.3 is 10.0 Å². The van der Waals surface area contributed by atoms with Crippen molar-refractivity contribution < 1.29 is 14.7 Å². The summed E-state index contributed by atoms with van der Waals surface area (Å²) in [6.07, 6.45) is 0.470. The summed E-state index contributed by atoms with van der Waals surface area (Å²) in [6.45, 7) is 4.21. The van der Waals surface area contributed by atoms with Crippen molar-refractivity contribution in [3.05, 3.63) is 32.8 Å². The zero-order chi connectivity index (χ0) is 15.1. The molecule has 1 heterocycles. The molecule has 0 saturated carbocycles. The molecule has 1 fully saturated rings. The number of hydrogen-bond acceptors (Lipinski definition) is 2. The fourth-order valence-electron chi connectivity index (χ4n) is 2.34. The summed E-state index contributed by atoms with van der Waals surface area (Å²) < 4.78 is 0.771. The molecule has 1 unspecified atom stereocenters. The number of amides is 1. The second-order valence-corrected chi connectivity index (χ2v) is 6.63. The molecule has 108 valence electrons. The molecule has 1 aromatic carbocycles. The van der Waals surface area contributed by atoms with Crippen LogP contribution in [0.5, 0.6) is 0 Å². The number of rotatable bonds is 2. The highest BCUT2D eigenvalue weighted by atomic mass is 79.9. The lowest BCUT2D eigenvalue weighted by Gasteiger charge is -2.20. The minimum absolute atomic E-state index is 0.174. The van der Waals surface area contributed by atoms with E-state index in [9.17, 15) is 14.7 Å². The van der Waals surface area contributed by atoms with Gasteiger partial charge >= 0.3 is 5.97 Å². The third kappa shape index (κ3) is 2.69. The first-order valence-electron chi connectivity index (χ1n) is 6.23. The molecule has 1 aliphatic rings. The zero-order valence-corrected chi connectivity index (χ0v) is 13.6. The predicted octanol–water partition coefficient (Wildman–Crippen LogP) is 3.35. The average molecular weight is 361 g/mol. The van der Waals surface area contributed by atoms with E-state index in [0.717, 1.165) is 10.0 Å². The second kappa shape index (κ2) is 5.37. The van der Waals surface area contributed by atoms with Gasteiger partial charge in [-0.2, -0.15) is 0 Å². The van der Waals surface area contributed by atoms with Crippen LogP contribution >= 0.6 is 27.5 Å². The van der Waals surface area contributed by atoms with Crippen LogP contribution in [0.1, 0.15) is 29.3 Å². The van der Waals surface area contributed by atoms with Crippen molar-refractivity contribution in [2.75, 3.05) is 13.1 Å². The maximum Gasteiger partial charge on any atom is 0.311 e. The van der Waals surface area contributed by atoms with E-state index in [2.05, 4.69) is 15.9 Å². The first-order chi connectivity index (χ1) is 9.24. The standard InChI is InChI=1S/C14H15BrClNO3/c1-8-5-9(6-10(16)11(8)15)12(18)17-4-3-14(2,7-17)13(19)20/h5-6H,3-4,7H2,1-2H3,(H,19,20). The normalized spacial score (nSPS) is 22.1. The molecule has 1 aliphatic heterocycles. The smallest absolute Gasteiger partial charge is 0.311 e. The number of carbonyl (C=O) groups excluding carboxylic acids is 1. The topological polar surface area (TPSA) is 57.6 Å². The van der Waals surface area contributed by atoms with E-state index < -0.39 is 11.4 Å². The van der Waals surface area contributed by atoms with Crippen LogP contribution in [0.25, 0.3) is 0 Å². The lowest BCUT2D eigenvalue weighted by atomic mass is 9.90. The van der Waals surface area contributed by atoms with E-state index in [0.29, 0.717) is 23.6 Å². The lowest BCUT2D eigenvalue weighted by Crippen LogP contribution is -2.34. The molecule has 1 saturated heterocycles. The second-order valence-electron chi connectivity index (χ2n) is 5.43. The summed E-state index contributed by atoms with van der Waals surface area (Å²) >= 11 is 9.41. The van der Waals surface area contributed by atoms with Crippen molar-refractivity contribution in [2.24, 2.45) is 5.41 Å². The first kappa shape index (κ1) is 15.3. The Bertz CT molecular complexity index is 567. The molecule has 1 aromatic rings. The van der Waals surface area contributed by atoms with Gasteiger partial charge in [0, 0.05) is 23.1 Å². The van der Waals surface area contributed by atoms with E-state index in [1.165, 1.54) is 0 Å². The van der Waals surface area contributed by atoms with Gasteiger partial charge in [0.05, 0.1) is 10.4 Å². The van der Waals surface area contributed by atoms with E-state index in [4.69, 9.17) is 11.6 Å². The van der Waals surface area contributed by atoms with Gasteiger partial charge in [-0.05, 0) is 53.9 Å². The lowest BCUT2D eigenvalue weighted by molar-refractivity contribution is -0.147. The van der Waals surface area contributed by atoms with Gasteiger partial charge in [0.25, 0.3) is 5.91 Å². The predicted molar refractivity (Wildman–Crippen MR) is 80.2 cm³/mol. The maximum atomic E-state index is 12.4. The number of hydrogen-bond donors (Lipinski definition) is 1. The molecule has 0 aromatic heterocycles. The monoisotopic (exact) mass is 359 g/mol. The number of aryl methyl sites for hydroxylation is 1. The number of carboxylic acid groups (broad SMARTS) is 1. The van der Waals surface area contributed by atoms with E-state index >= 15 is 0 Å². The van der Waals surface area contributed by atoms with E-state index in [-0.39, 0.29) is 12.5 Å². The molecule has 6 heteroatoms. The van der Waals surface area contributed by atoms with Crippen molar-refractivity contribution in [1.82, 2.24) is 4.90 Å². The minimum atomic E-state index is -0.863. The van der Waals surface area contributed by atoms with Crippen LogP contribution in [0, 0.1) is 12.3 Å². The van der Waals surface area contributed by atoms with Crippen molar-refractivity contribution in [2.45, 2.75) is 20.3 Å². The summed E-state index contributed by atoms with van der Waals surface area (Å²) in [5.74, 6) is -1.04. The van der Waals surface area contributed by atoms with Gasteiger partial charge in [-0.25, -0.2) is 0 Å². The van der Waals surface area contributed by atoms with Crippen LogP contribution in [0.4, 0.5) is 0 Å². The SMILES string of the molecule is Cc1cc(C(=O)N2CCC(C)(C(=O)O)C2)cc(Cl)c1Br. The minimum Gasteiger partial charge on any atom is -0.481 e. The molecule has 1 atom stereocenters. The van der Waals surface area contributed by atoms with Crippen LogP contribution in [0.3, 0.4) is 0 Å². The molecular formula is C14H15BrClNO3.